The Bertz CT molecular complexity index is 983. The summed E-state index contributed by atoms with van der Waals surface area (Å²) in [5, 5.41) is 35.0. The number of aliphatic carboxylic acids is 1. The number of phenols is 1. The number of benzene rings is 1. The van der Waals surface area contributed by atoms with Crippen LogP contribution in [0.2, 0.25) is 0 Å². The molecule has 0 aromatic heterocycles. The van der Waals surface area contributed by atoms with Crippen LogP contribution in [0.1, 0.15) is 25.3 Å². The molecule has 0 radical (unpaired) electrons. The maximum atomic E-state index is 12.9. The normalized spacial score (nSPS) is 14.9. The summed E-state index contributed by atoms with van der Waals surface area (Å²) < 4.78 is 0. The number of rotatable bonds is 14. The molecule has 1 aromatic rings. The Labute approximate surface area is 205 Å². The third-order valence-corrected chi connectivity index (χ3v) is 4.85. The zero-order chi connectivity index (χ0) is 27.6. The number of primary amides is 2. The summed E-state index contributed by atoms with van der Waals surface area (Å²) in [6.07, 6.45) is -2.93. The summed E-state index contributed by atoms with van der Waals surface area (Å²) in [4.78, 5) is 71.9. The van der Waals surface area contributed by atoms with Gasteiger partial charge in [0.15, 0.2) is 6.04 Å². The van der Waals surface area contributed by atoms with Gasteiger partial charge in [0.2, 0.25) is 29.5 Å². The van der Waals surface area contributed by atoms with Crippen molar-refractivity contribution in [2.75, 3.05) is 0 Å². The van der Waals surface area contributed by atoms with Gasteiger partial charge in [0, 0.05) is 6.42 Å². The standard InChI is InChI=1S/C21H30N6O9/c1-9(28)17(21(35)36)27-20(34)13(6-10-2-4-11(29)5-3-10)26-19(33)14(8-16(24)31)25-18(32)12(22)7-15(23)30/h2-5,9,12-14,17,28-29H,6-8,22H2,1H3,(H2,23,30)(H2,24,31)(H,25,32)(H,26,33)(H,27,34)(H,35,36). The second-order valence-corrected chi connectivity index (χ2v) is 8.01. The lowest BCUT2D eigenvalue weighted by Gasteiger charge is -2.25. The van der Waals surface area contributed by atoms with E-state index in [1.165, 1.54) is 24.3 Å². The second kappa shape index (κ2) is 13.6. The minimum absolute atomic E-state index is 0.0691. The molecule has 0 saturated carbocycles. The fraction of sp³-hybridized carbons (Fsp3) is 0.429. The van der Waals surface area contributed by atoms with Crippen LogP contribution in [0.25, 0.3) is 0 Å². The highest BCUT2D eigenvalue weighted by atomic mass is 16.4. The number of carboxylic acids is 1. The molecule has 36 heavy (non-hydrogen) atoms. The first kappa shape index (κ1) is 29.8. The Balaban J connectivity index is 3.17. The number of aromatic hydroxyl groups is 1. The molecule has 1 aromatic carbocycles. The van der Waals surface area contributed by atoms with Crippen LogP contribution in [0.4, 0.5) is 0 Å². The molecule has 0 saturated heterocycles. The fourth-order valence-corrected chi connectivity index (χ4v) is 2.99. The molecule has 12 N–H and O–H groups in total. The summed E-state index contributed by atoms with van der Waals surface area (Å²) in [5.74, 6) is -6.51. The van der Waals surface area contributed by atoms with Crippen LogP contribution >= 0.6 is 0 Å². The van der Waals surface area contributed by atoms with Crippen LogP contribution in [0.15, 0.2) is 24.3 Å². The molecular weight excluding hydrogens is 480 g/mol. The Morgan fingerprint density at radius 1 is 0.833 bits per heavy atom. The number of hydrogen-bond donors (Lipinski definition) is 9. The third kappa shape index (κ3) is 9.94. The molecule has 5 amide bonds. The van der Waals surface area contributed by atoms with E-state index in [1.807, 2.05) is 0 Å². The van der Waals surface area contributed by atoms with Crippen LogP contribution in [0.5, 0.6) is 5.75 Å². The number of nitrogens with two attached hydrogens (primary N) is 3. The van der Waals surface area contributed by atoms with Gasteiger partial charge in [-0.15, -0.1) is 0 Å². The highest BCUT2D eigenvalue weighted by molar-refractivity contribution is 5.97. The molecule has 0 spiro atoms. The monoisotopic (exact) mass is 510 g/mol. The topological polar surface area (TPSA) is 277 Å². The summed E-state index contributed by atoms with van der Waals surface area (Å²) in [6.45, 7) is 1.14. The summed E-state index contributed by atoms with van der Waals surface area (Å²) in [5.41, 5.74) is 16.1. The van der Waals surface area contributed by atoms with E-state index in [4.69, 9.17) is 17.2 Å². The van der Waals surface area contributed by atoms with Crippen molar-refractivity contribution >= 4 is 35.5 Å². The molecule has 1 rings (SSSR count). The molecular formula is C21H30N6O9. The number of carbonyl (C=O) groups excluding carboxylic acids is 5. The number of aliphatic hydroxyl groups excluding tert-OH is 1. The lowest BCUT2D eigenvalue weighted by molar-refractivity contribution is -0.145. The van der Waals surface area contributed by atoms with Crippen molar-refractivity contribution in [2.45, 2.75) is 56.5 Å². The first-order chi connectivity index (χ1) is 16.7. The van der Waals surface area contributed by atoms with Crippen LogP contribution in [-0.2, 0) is 35.2 Å². The van der Waals surface area contributed by atoms with Crippen molar-refractivity contribution in [3.63, 3.8) is 0 Å². The Morgan fingerprint density at radius 2 is 1.33 bits per heavy atom. The van der Waals surface area contributed by atoms with Crippen LogP contribution in [0.3, 0.4) is 0 Å². The Morgan fingerprint density at radius 3 is 1.81 bits per heavy atom. The molecule has 0 heterocycles. The van der Waals surface area contributed by atoms with E-state index in [0.717, 1.165) is 6.92 Å². The van der Waals surface area contributed by atoms with E-state index < -0.39 is 78.6 Å². The molecule has 5 unspecified atom stereocenters. The number of hydrogen-bond acceptors (Lipinski definition) is 9. The summed E-state index contributed by atoms with van der Waals surface area (Å²) in [6, 6.07) is -0.664. The fourth-order valence-electron chi connectivity index (χ4n) is 2.99. The molecule has 0 aliphatic carbocycles. The van der Waals surface area contributed by atoms with Crippen molar-refractivity contribution in [1.29, 1.82) is 0 Å². The number of phenolic OH excluding ortho intramolecular Hbond substituents is 1. The van der Waals surface area contributed by atoms with Crippen molar-refractivity contribution in [1.82, 2.24) is 16.0 Å². The lowest BCUT2D eigenvalue weighted by Crippen LogP contribution is -2.59. The third-order valence-electron chi connectivity index (χ3n) is 4.85. The molecule has 0 aliphatic rings. The zero-order valence-corrected chi connectivity index (χ0v) is 19.3. The smallest absolute Gasteiger partial charge is 0.328 e. The average molecular weight is 511 g/mol. The van der Waals surface area contributed by atoms with E-state index in [9.17, 15) is 44.1 Å². The molecule has 15 nitrogen and oxygen atoms in total. The van der Waals surface area contributed by atoms with Crippen molar-refractivity contribution in [3.8, 4) is 5.75 Å². The molecule has 198 valence electrons. The summed E-state index contributed by atoms with van der Waals surface area (Å²) in [7, 11) is 0. The van der Waals surface area contributed by atoms with Crippen molar-refractivity contribution in [3.05, 3.63) is 29.8 Å². The van der Waals surface area contributed by atoms with Gasteiger partial charge in [-0.3, -0.25) is 24.0 Å². The van der Waals surface area contributed by atoms with E-state index >= 15 is 0 Å². The van der Waals surface area contributed by atoms with Gasteiger partial charge in [0.05, 0.1) is 25.0 Å². The largest absolute Gasteiger partial charge is 0.508 e. The van der Waals surface area contributed by atoms with Gasteiger partial charge in [-0.05, 0) is 24.6 Å². The van der Waals surface area contributed by atoms with Crippen LogP contribution in [-0.4, -0.2) is 81.1 Å². The van der Waals surface area contributed by atoms with Crippen LogP contribution in [0, 0.1) is 0 Å². The SMILES string of the molecule is CC(O)C(NC(=O)C(Cc1ccc(O)cc1)NC(=O)C(CC(N)=O)NC(=O)C(N)CC(N)=O)C(=O)O. The summed E-state index contributed by atoms with van der Waals surface area (Å²) >= 11 is 0. The minimum Gasteiger partial charge on any atom is -0.508 e. The van der Waals surface area contributed by atoms with Crippen molar-refractivity contribution in [2.24, 2.45) is 17.2 Å². The number of carboxylic acid groups (broad SMARTS) is 1. The van der Waals surface area contributed by atoms with Crippen molar-refractivity contribution < 1.29 is 44.1 Å². The number of aliphatic hydroxyl groups is 1. The number of nitrogens with one attached hydrogen (secondary N) is 3. The molecule has 0 fully saturated rings. The molecule has 0 aliphatic heterocycles. The maximum absolute atomic E-state index is 12.9. The number of carbonyl (C=O) groups is 6. The molecule has 15 heteroatoms. The first-order valence-electron chi connectivity index (χ1n) is 10.6. The highest BCUT2D eigenvalue weighted by Gasteiger charge is 2.32. The minimum atomic E-state index is -1.70. The first-order valence-corrected chi connectivity index (χ1v) is 10.6. The lowest BCUT2D eigenvalue weighted by atomic mass is 10.0. The Kier molecular flexibility index (Phi) is 11.3. The van der Waals surface area contributed by atoms with Gasteiger partial charge in [-0.25, -0.2) is 4.79 Å². The zero-order valence-electron chi connectivity index (χ0n) is 19.3. The quantitative estimate of drug-likeness (QED) is 0.117. The molecule has 5 atom stereocenters. The predicted molar refractivity (Wildman–Crippen MR) is 123 cm³/mol. The van der Waals surface area contributed by atoms with Crippen LogP contribution < -0.4 is 33.2 Å². The highest BCUT2D eigenvalue weighted by Crippen LogP contribution is 2.12. The Hall–Kier alpha value is -4.24. The second-order valence-electron chi connectivity index (χ2n) is 8.01. The number of amides is 5. The van der Waals surface area contributed by atoms with Gasteiger partial charge >= 0.3 is 5.97 Å². The van der Waals surface area contributed by atoms with E-state index in [0.29, 0.717) is 5.56 Å². The van der Waals surface area contributed by atoms with Gasteiger partial charge in [-0.2, -0.15) is 0 Å². The van der Waals surface area contributed by atoms with E-state index in [1.54, 1.807) is 0 Å². The average Bonchev–Trinajstić information content (AvgIpc) is 2.76. The predicted octanol–water partition coefficient (Wildman–Crippen LogP) is -4.07. The van der Waals surface area contributed by atoms with E-state index in [-0.39, 0.29) is 12.2 Å². The maximum Gasteiger partial charge on any atom is 0.328 e. The van der Waals surface area contributed by atoms with Gasteiger partial charge in [0.25, 0.3) is 0 Å². The van der Waals surface area contributed by atoms with Gasteiger partial charge in [-0.1, -0.05) is 12.1 Å². The molecule has 0 bridgehead atoms. The van der Waals surface area contributed by atoms with Gasteiger partial charge in [0.1, 0.15) is 17.8 Å². The van der Waals surface area contributed by atoms with Gasteiger partial charge < -0.3 is 48.5 Å². The van der Waals surface area contributed by atoms with E-state index in [2.05, 4.69) is 16.0 Å².